The Bertz CT molecular complexity index is 345. The van der Waals surface area contributed by atoms with Crippen molar-refractivity contribution < 1.29 is 15.0 Å². The Morgan fingerprint density at radius 3 is 2.76 bits per heavy atom. The molecular weight excluding hydrogens is 244 g/mol. The molecule has 0 saturated carbocycles. The average Bonchev–Trinajstić information content (AvgIpc) is 2.70. The zero-order valence-corrected chi connectivity index (χ0v) is 10.3. The highest BCUT2D eigenvalue weighted by atomic mass is 32.2. The van der Waals surface area contributed by atoms with E-state index in [1.54, 1.807) is 0 Å². The van der Waals surface area contributed by atoms with Crippen LogP contribution in [-0.4, -0.2) is 48.7 Å². The van der Waals surface area contributed by atoms with Crippen LogP contribution in [0.1, 0.15) is 25.7 Å². The van der Waals surface area contributed by atoms with Gasteiger partial charge in [-0.25, -0.2) is 4.68 Å². The van der Waals surface area contributed by atoms with Gasteiger partial charge in [0, 0.05) is 12.4 Å². The molecule has 0 aromatic carbocycles. The minimum Gasteiger partial charge on any atom is -0.480 e. The molecule has 2 N–H and O–H groups in total. The second-order valence-corrected chi connectivity index (χ2v) is 4.56. The van der Waals surface area contributed by atoms with E-state index in [-0.39, 0.29) is 13.2 Å². The van der Waals surface area contributed by atoms with Gasteiger partial charge in [0.2, 0.25) is 5.16 Å². The van der Waals surface area contributed by atoms with Crippen LogP contribution in [-0.2, 0) is 11.3 Å². The number of carboxylic acid groups (broad SMARTS) is 1. The van der Waals surface area contributed by atoms with E-state index in [1.165, 1.54) is 16.4 Å². The van der Waals surface area contributed by atoms with Crippen LogP contribution in [0, 0.1) is 0 Å². The third-order valence-electron chi connectivity index (χ3n) is 2.07. The number of aliphatic hydroxyl groups excluding tert-OH is 1. The van der Waals surface area contributed by atoms with Crippen LogP contribution >= 0.6 is 11.8 Å². The Kier molecular flexibility index (Phi) is 6.56. The number of thioether (sulfide) groups is 1. The summed E-state index contributed by atoms with van der Waals surface area (Å²) in [5.74, 6) is -0.104. The van der Waals surface area contributed by atoms with Gasteiger partial charge in [0.05, 0.1) is 0 Å². The van der Waals surface area contributed by atoms with E-state index in [0.29, 0.717) is 5.16 Å². The quantitative estimate of drug-likeness (QED) is 0.489. The van der Waals surface area contributed by atoms with Crippen molar-refractivity contribution in [3.63, 3.8) is 0 Å². The molecule has 96 valence electrons. The summed E-state index contributed by atoms with van der Waals surface area (Å²) < 4.78 is 1.28. The number of aliphatic carboxylic acids is 1. The second kappa shape index (κ2) is 8.02. The molecule has 0 atom stereocenters. The van der Waals surface area contributed by atoms with Crippen molar-refractivity contribution in [1.82, 2.24) is 20.2 Å². The normalized spacial score (nSPS) is 10.6. The molecule has 8 heteroatoms. The fourth-order valence-corrected chi connectivity index (χ4v) is 2.13. The number of hydrogen-bond donors (Lipinski definition) is 2. The number of aliphatic hydroxyl groups is 1. The minimum absolute atomic E-state index is 0.208. The number of tetrazole rings is 1. The summed E-state index contributed by atoms with van der Waals surface area (Å²) in [5, 5.41) is 28.6. The maximum atomic E-state index is 10.5. The van der Waals surface area contributed by atoms with Crippen LogP contribution in [0.2, 0.25) is 0 Å². The lowest BCUT2D eigenvalue weighted by Crippen LogP contribution is -2.11. The van der Waals surface area contributed by atoms with Crippen molar-refractivity contribution in [3.05, 3.63) is 0 Å². The number of carboxylic acids is 1. The Morgan fingerprint density at radius 2 is 2.06 bits per heavy atom. The number of carbonyl (C=O) groups is 1. The molecule has 0 bridgehead atoms. The molecular formula is C9H16N4O3S. The van der Waals surface area contributed by atoms with Crippen LogP contribution in [0.5, 0.6) is 0 Å². The van der Waals surface area contributed by atoms with Gasteiger partial charge < -0.3 is 10.2 Å². The van der Waals surface area contributed by atoms with E-state index >= 15 is 0 Å². The average molecular weight is 260 g/mol. The van der Waals surface area contributed by atoms with Crippen molar-refractivity contribution in [2.45, 2.75) is 37.4 Å². The van der Waals surface area contributed by atoms with E-state index < -0.39 is 5.97 Å². The van der Waals surface area contributed by atoms with Gasteiger partial charge in [-0.2, -0.15) is 0 Å². The van der Waals surface area contributed by atoms with Crippen molar-refractivity contribution in [2.75, 3.05) is 12.4 Å². The highest BCUT2D eigenvalue weighted by molar-refractivity contribution is 7.99. The lowest BCUT2D eigenvalue weighted by molar-refractivity contribution is -0.138. The van der Waals surface area contributed by atoms with Crippen LogP contribution in [0.3, 0.4) is 0 Å². The Labute approximate surface area is 103 Å². The van der Waals surface area contributed by atoms with Crippen LogP contribution in [0.25, 0.3) is 0 Å². The summed E-state index contributed by atoms with van der Waals surface area (Å²) in [7, 11) is 0. The molecule has 0 unspecified atom stereocenters. The summed E-state index contributed by atoms with van der Waals surface area (Å²) in [5.41, 5.74) is 0. The van der Waals surface area contributed by atoms with Gasteiger partial charge in [-0.3, -0.25) is 4.79 Å². The smallest absolute Gasteiger partial charge is 0.325 e. The standard InChI is InChI=1S/C9H16N4O3S/c14-5-3-1-2-4-6-17-9-10-11-12-13(9)7-8(15)16/h14H,1-7H2,(H,15,16). The third kappa shape index (κ3) is 5.64. The summed E-state index contributed by atoms with van der Waals surface area (Å²) in [6.45, 7) is 0.0316. The van der Waals surface area contributed by atoms with Crippen molar-refractivity contribution >= 4 is 17.7 Å². The van der Waals surface area contributed by atoms with Gasteiger partial charge in [-0.1, -0.05) is 24.6 Å². The molecule has 1 aromatic rings. The number of nitrogens with zero attached hydrogens (tertiary/aromatic N) is 4. The maximum Gasteiger partial charge on any atom is 0.325 e. The van der Waals surface area contributed by atoms with Crippen molar-refractivity contribution in [2.24, 2.45) is 0 Å². The monoisotopic (exact) mass is 260 g/mol. The van der Waals surface area contributed by atoms with Gasteiger partial charge in [0.15, 0.2) is 0 Å². The summed E-state index contributed by atoms with van der Waals surface area (Å²) in [4.78, 5) is 10.5. The second-order valence-electron chi connectivity index (χ2n) is 3.50. The highest BCUT2D eigenvalue weighted by Gasteiger charge is 2.09. The molecule has 7 nitrogen and oxygen atoms in total. The number of rotatable bonds is 9. The third-order valence-corrected chi connectivity index (χ3v) is 3.11. The molecule has 0 aliphatic carbocycles. The first-order valence-electron chi connectivity index (χ1n) is 5.45. The molecule has 17 heavy (non-hydrogen) atoms. The maximum absolute atomic E-state index is 10.5. The van der Waals surface area contributed by atoms with Gasteiger partial charge in [0.1, 0.15) is 6.54 Å². The van der Waals surface area contributed by atoms with E-state index in [9.17, 15) is 4.79 Å². The Morgan fingerprint density at radius 1 is 1.29 bits per heavy atom. The summed E-state index contributed by atoms with van der Waals surface area (Å²) in [6.07, 6.45) is 3.90. The lowest BCUT2D eigenvalue weighted by Gasteiger charge is -2.01. The number of unbranched alkanes of at least 4 members (excludes halogenated alkanes) is 3. The van der Waals surface area contributed by atoms with Gasteiger partial charge in [-0.05, 0) is 23.3 Å². The number of hydrogen-bond acceptors (Lipinski definition) is 6. The predicted octanol–water partition coefficient (Wildman–Crippen LogP) is 0.402. The SMILES string of the molecule is O=C(O)Cn1nnnc1SCCCCCCO. The first-order valence-corrected chi connectivity index (χ1v) is 6.44. The summed E-state index contributed by atoms with van der Waals surface area (Å²) >= 11 is 1.45. The van der Waals surface area contributed by atoms with Crippen LogP contribution in [0.4, 0.5) is 0 Å². The van der Waals surface area contributed by atoms with Gasteiger partial charge in [-0.15, -0.1) is 5.10 Å². The largest absolute Gasteiger partial charge is 0.480 e. The first-order chi connectivity index (χ1) is 8.24. The fourth-order valence-electron chi connectivity index (χ4n) is 1.26. The van der Waals surface area contributed by atoms with Crippen LogP contribution in [0.15, 0.2) is 5.16 Å². The van der Waals surface area contributed by atoms with E-state index in [2.05, 4.69) is 15.5 Å². The topological polar surface area (TPSA) is 101 Å². The molecule has 0 fully saturated rings. The van der Waals surface area contributed by atoms with Crippen molar-refractivity contribution in [3.8, 4) is 0 Å². The predicted molar refractivity (Wildman–Crippen MR) is 61.7 cm³/mol. The molecule has 0 aliphatic heterocycles. The summed E-state index contributed by atoms with van der Waals surface area (Å²) in [6, 6.07) is 0. The molecule has 1 aromatic heterocycles. The first kappa shape index (κ1) is 13.9. The molecule has 0 aliphatic rings. The van der Waals surface area contributed by atoms with Crippen LogP contribution < -0.4 is 0 Å². The van der Waals surface area contributed by atoms with Gasteiger partial charge >= 0.3 is 5.97 Å². The highest BCUT2D eigenvalue weighted by Crippen LogP contribution is 2.16. The minimum atomic E-state index is -0.956. The van der Waals surface area contributed by atoms with E-state index in [1.807, 2.05) is 0 Å². The Balaban J connectivity index is 2.22. The van der Waals surface area contributed by atoms with Gasteiger partial charge in [0.25, 0.3) is 0 Å². The molecule has 0 amide bonds. The molecule has 0 radical (unpaired) electrons. The Hall–Kier alpha value is -1.15. The van der Waals surface area contributed by atoms with E-state index in [4.69, 9.17) is 10.2 Å². The zero-order chi connectivity index (χ0) is 12.5. The van der Waals surface area contributed by atoms with E-state index in [0.717, 1.165) is 31.4 Å². The molecule has 1 heterocycles. The fraction of sp³-hybridized carbons (Fsp3) is 0.778. The molecule has 1 rings (SSSR count). The zero-order valence-electron chi connectivity index (χ0n) is 9.45. The lowest BCUT2D eigenvalue weighted by atomic mass is 10.2. The van der Waals surface area contributed by atoms with Crippen molar-refractivity contribution in [1.29, 1.82) is 0 Å². The molecule has 0 spiro atoms. The number of aromatic nitrogens is 4. The molecule has 0 saturated heterocycles.